The summed E-state index contributed by atoms with van der Waals surface area (Å²) in [5.74, 6) is 0. The van der Waals surface area contributed by atoms with Crippen molar-refractivity contribution in [2.24, 2.45) is 0 Å². The van der Waals surface area contributed by atoms with Crippen LogP contribution in [0.25, 0.3) is 0 Å². The van der Waals surface area contributed by atoms with Crippen molar-refractivity contribution in [3.05, 3.63) is 35.9 Å². The topological polar surface area (TPSA) is 47.6 Å². The summed E-state index contributed by atoms with van der Waals surface area (Å²) in [6.45, 7) is 4.26. The van der Waals surface area contributed by atoms with Crippen LogP contribution in [0, 0.1) is 0 Å². The zero-order valence-electron chi connectivity index (χ0n) is 10.6. The predicted octanol–water partition coefficient (Wildman–Crippen LogP) is 3.89. The van der Waals surface area contributed by atoms with Crippen molar-refractivity contribution in [2.45, 2.75) is 19.9 Å². The molecule has 102 valence electrons. The normalized spacial score (nSPS) is 13.5. The molecule has 1 aromatic carbocycles. The molecule has 1 N–H and O–H groups in total. The van der Waals surface area contributed by atoms with E-state index in [1.54, 1.807) is 13.8 Å². The van der Waals surface area contributed by atoms with Gasteiger partial charge in [-0.05, 0) is 19.4 Å². The molecule has 1 atom stereocenters. The van der Waals surface area contributed by atoms with Crippen LogP contribution in [0.3, 0.4) is 0 Å². The van der Waals surface area contributed by atoms with Gasteiger partial charge in [0.25, 0.3) is 0 Å². The first-order valence-electron chi connectivity index (χ1n) is 5.93. The maximum absolute atomic E-state index is 12.4. The monoisotopic (exact) mass is 335 g/mol. The highest BCUT2D eigenvalue weighted by molar-refractivity contribution is 9.09. The van der Waals surface area contributed by atoms with E-state index in [9.17, 15) is 4.57 Å². The van der Waals surface area contributed by atoms with E-state index in [1.807, 2.05) is 30.3 Å². The molecule has 1 aromatic rings. The van der Waals surface area contributed by atoms with Gasteiger partial charge in [0, 0.05) is 5.33 Å². The van der Waals surface area contributed by atoms with Crippen molar-refractivity contribution in [3.8, 4) is 0 Å². The summed E-state index contributed by atoms with van der Waals surface area (Å²) >= 11 is 3.41. The highest BCUT2D eigenvalue weighted by Crippen LogP contribution is 2.46. The number of hydrogen-bond donors (Lipinski definition) is 1. The lowest BCUT2D eigenvalue weighted by atomic mass is 10.1. The SMILES string of the molecule is CCOP(=O)(NC(CBr)c1ccccc1)OCC. The second kappa shape index (κ2) is 8.08. The van der Waals surface area contributed by atoms with Gasteiger partial charge in [-0.1, -0.05) is 46.3 Å². The number of nitrogens with one attached hydrogen (secondary N) is 1. The van der Waals surface area contributed by atoms with E-state index in [-0.39, 0.29) is 6.04 Å². The summed E-state index contributed by atoms with van der Waals surface area (Å²) in [6.07, 6.45) is 0. The molecule has 18 heavy (non-hydrogen) atoms. The van der Waals surface area contributed by atoms with Crippen LogP contribution in [0.4, 0.5) is 0 Å². The van der Waals surface area contributed by atoms with E-state index >= 15 is 0 Å². The van der Waals surface area contributed by atoms with Gasteiger partial charge in [0.15, 0.2) is 0 Å². The van der Waals surface area contributed by atoms with Crippen LogP contribution in [0.1, 0.15) is 25.5 Å². The number of alkyl halides is 1. The molecule has 0 spiro atoms. The lowest BCUT2D eigenvalue weighted by Gasteiger charge is -2.23. The van der Waals surface area contributed by atoms with Crippen LogP contribution in [-0.4, -0.2) is 18.5 Å². The second-order valence-corrected chi connectivity index (χ2v) is 6.00. The highest BCUT2D eigenvalue weighted by Gasteiger charge is 2.27. The van der Waals surface area contributed by atoms with Gasteiger partial charge in [-0.25, -0.2) is 9.65 Å². The zero-order valence-corrected chi connectivity index (χ0v) is 13.1. The quantitative estimate of drug-likeness (QED) is 0.578. The predicted molar refractivity (Wildman–Crippen MR) is 77.0 cm³/mol. The lowest BCUT2D eigenvalue weighted by molar-refractivity contribution is 0.208. The standard InChI is InChI=1S/C12H19BrNO3P/c1-3-16-18(15,17-4-2)14-12(10-13)11-8-6-5-7-9-11/h5-9,12H,3-4,10H2,1-2H3,(H,14,15). The molecule has 0 radical (unpaired) electrons. The van der Waals surface area contributed by atoms with Gasteiger partial charge < -0.3 is 0 Å². The fourth-order valence-corrected chi connectivity index (χ4v) is 3.84. The Labute approximate surface area is 117 Å². The van der Waals surface area contributed by atoms with Crippen LogP contribution in [0.2, 0.25) is 0 Å². The number of benzene rings is 1. The van der Waals surface area contributed by atoms with Crippen molar-refractivity contribution in [3.63, 3.8) is 0 Å². The molecule has 1 rings (SSSR count). The van der Waals surface area contributed by atoms with Gasteiger partial charge in [0.1, 0.15) is 0 Å². The van der Waals surface area contributed by atoms with Gasteiger partial charge in [-0.15, -0.1) is 0 Å². The van der Waals surface area contributed by atoms with E-state index in [0.29, 0.717) is 18.5 Å². The summed E-state index contributed by atoms with van der Waals surface area (Å²) < 4.78 is 22.8. The molecule has 1 unspecified atom stereocenters. The molecule has 4 nitrogen and oxygen atoms in total. The molecule has 0 heterocycles. The Hall–Kier alpha value is -0.190. The molecular formula is C12H19BrNO3P. The van der Waals surface area contributed by atoms with E-state index < -0.39 is 7.75 Å². The minimum Gasteiger partial charge on any atom is -0.297 e. The Morgan fingerprint density at radius 1 is 1.22 bits per heavy atom. The smallest absolute Gasteiger partial charge is 0.297 e. The average molecular weight is 336 g/mol. The Balaban J connectivity index is 2.80. The molecule has 0 aromatic heterocycles. The van der Waals surface area contributed by atoms with Crippen molar-refractivity contribution in [1.82, 2.24) is 5.09 Å². The van der Waals surface area contributed by atoms with Crippen molar-refractivity contribution in [2.75, 3.05) is 18.5 Å². The van der Waals surface area contributed by atoms with Crippen LogP contribution >= 0.6 is 23.7 Å². The first-order chi connectivity index (χ1) is 8.65. The third kappa shape index (κ3) is 4.82. The van der Waals surface area contributed by atoms with E-state index in [4.69, 9.17) is 9.05 Å². The summed E-state index contributed by atoms with van der Waals surface area (Å²) in [4.78, 5) is 0. The first-order valence-corrected chi connectivity index (χ1v) is 8.59. The van der Waals surface area contributed by atoms with Gasteiger partial charge in [0.2, 0.25) is 0 Å². The minimum absolute atomic E-state index is 0.116. The van der Waals surface area contributed by atoms with E-state index in [0.717, 1.165) is 5.56 Å². The fraction of sp³-hybridized carbons (Fsp3) is 0.500. The van der Waals surface area contributed by atoms with E-state index in [2.05, 4.69) is 21.0 Å². The first kappa shape index (κ1) is 15.9. The van der Waals surface area contributed by atoms with Gasteiger partial charge >= 0.3 is 7.75 Å². The largest absolute Gasteiger partial charge is 0.406 e. The molecule has 0 saturated carbocycles. The van der Waals surface area contributed by atoms with E-state index in [1.165, 1.54) is 0 Å². The van der Waals surface area contributed by atoms with Gasteiger partial charge in [-0.2, -0.15) is 0 Å². The molecule has 0 fully saturated rings. The lowest BCUT2D eigenvalue weighted by Crippen LogP contribution is -2.22. The van der Waals surface area contributed by atoms with Crippen LogP contribution in [0.5, 0.6) is 0 Å². The van der Waals surface area contributed by atoms with Crippen LogP contribution in [0.15, 0.2) is 30.3 Å². The fourth-order valence-electron chi connectivity index (χ4n) is 1.53. The summed E-state index contributed by atoms with van der Waals surface area (Å²) in [5.41, 5.74) is 1.04. The molecule has 0 bridgehead atoms. The molecule has 0 saturated heterocycles. The Morgan fingerprint density at radius 3 is 2.22 bits per heavy atom. The van der Waals surface area contributed by atoms with Crippen molar-refractivity contribution >= 4 is 23.7 Å². The molecular weight excluding hydrogens is 317 g/mol. The maximum Gasteiger partial charge on any atom is 0.406 e. The third-order valence-corrected chi connectivity index (χ3v) is 4.74. The van der Waals surface area contributed by atoms with Crippen LogP contribution in [-0.2, 0) is 13.6 Å². The van der Waals surface area contributed by atoms with Crippen molar-refractivity contribution in [1.29, 1.82) is 0 Å². The molecule has 0 aliphatic heterocycles. The number of halogens is 1. The summed E-state index contributed by atoms with van der Waals surface area (Å²) in [5, 5.41) is 3.59. The Bertz CT molecular complexity index is 378. The maximum atomic E-state index is 12.4. The molecule has 0 aliphatic carbocycles. The van der Waals surface area contributed by atoms with Gasteiger partial charge in [-0.3, -0.25) is 9.05 Å². The Kier molecular flexibility index (Phi) is 7.12. The van der Waals surface area contributed by atoms with Crippen molar-refractivity contribution < 1.29 is 13.6 Å². The molecule has 6 heteroatoms. The second-order valence-electron chi connectivity index (χ2n) is 3.58. The minimum atomic E-state index is -3.24. The average Bonchev–Trinajstić information content (AvgIpc) is 2.38. The third-order valence-electron chi connectivity index (χ3n) is 2.27. The summed E-state index contributed by atoms with van der Waals surface area (Å²) in [7, 11) is -3.24. The van der Waals surface area contributed by atoms with Crippen LogP contribution < -0.4 is 5.09 Å². The zero-order chi connectivity index (χ0) is 13.4. The molecule has 0 aliphatic rings. The molecule has 0 amide bonds. The van der Waals surface area contributed by atoms with Gasteiger partial charge in [0.05, 0.1) is 19.3 Å². The number of rotatable bonds is 8. The number of hydrogen-bond acceptors (Lipinski definition) is 3. The highest BCUT2D eigenvalue weighted by atomic mass is 79.9. The summed E-state index contributed by atoms with van der Waals surface area (Å²) in [6, 6.07) is 9.66. The Morgan fingerprint density at radius 2 is 1.78 bits per heavy atom.